The fourth-order valence-electron chi connectivity index (χ4n) is 10.0. The van der Waals surface area contributed by atoms with Gasteiger partial charge in [0.2, 0.25) is 0 Å². The van der Waals surface area contributed by atoms with Gasteiger partial charge < -0.3 is 9.13 Å². The summed E-state index contributed by atoms with van der Waals surface area (Å²) >= 11 is 1.74. The molecular weight excluding hydrogens is 845 g/mol. The van der Waals surface area contributed by atoms with Crippen LogP contribution in [0.2, 0.25) is 0 Å². The fourth-order valence-corrected chi connectivity index (χ4v) is 11.1. The largest absolute Gasteiger partial charge is 0.309 e. The minimum Gasteiger partial charge on any atom is -0.309 e. The Bertz CT molecular complexity index is 4250. The van der Waals surface area contributed by atoms with Crippen LogP contribution < -0.4 is 16.4 Å². The van der Waals surface area contributed by atoms with Crippen LogP contribution in [0.5, 0.6) is 0 Å². The Kier molecular flexibility index (Phi) is 9.11. The number of benzene rings is 9. The predicted octanol–water partition coefficient (Wildman–Crippen LogP) is 11.4. The number of thiophene rings is 1. The standard InChI is InChI=1S/C58H31B3N6S/c59-51-43(32-62)55(67-44-20-10-7-17-38(44)40-28-29-46-49(54(40)67)41-19-8-11-21-45(41)66(46)37-15-5-2-6-16-37)53(61)52(60)50(51)58-64-56(35-25-23-34(24-26-35)33-13-3-1-4-14-33)63-57(65-58)36-27-30-48-42(31-36)39-18-9-12-22-47(39)68-48/h1-31H. The number of hydrogen-bond donors (Lipinski definition) is 0. The number of rotatable bonds is 6. The van der Waals surface area contributed by atoms with Crippen molar-refractivity contribution in [3.8, 4) is 62.7 Å². The highest BCUT2D eigenvalue weighted by atomic mass is 32.1. The number of para-hydroxylation sites is 3. The third-order valence-corrected chi connectivity index (χ3v) is 14.3. The molecule has 0 saturated heterocycles. The highest BCUT2D eigenvalue weighted by Crippen LogP contribution is 2.42. The summed E-state index contributed by atoms with van der Waals surface area (Å²) in [5.41, 5.74) is 9.77. The lowest BCUT2D eigenvalue weighted by Crippen LogP contribution is -2.39. The van der Waals surface area contributed by atoms with Gasteiger partial charge in [0.05, 0.1) is 33.3 Å². The van der Waals surface area contributed by atoms with Gasteiger partial charge in [0.25, 0.3) is 0 Å². The van der Waals surface area contributed by atoms with Crippen LogP contribution in [0.1, 0.15) is 5.56 Å². The van der Waals surface area contributed by atoms with E-state index in [4.69, 9.17) is 38.5 Å². The van der Waals surface area contributed by atoms with E-state index in [-0.39, 0.29) is 33.3 Å². The predicted molar refractivity (Wildman–Crippen MR) is 284 cm³/mol. The first kappa shape index (κ1) is 39.8. The van der Waals surface area contributed by atoms with E-state index in [1.165, 1.54) is 4.70 Å². The molecule has 13 rings (SSSR count). The average Bonchev–Trinajstić information content (AvgIpc) is 4.05. The van der Waals surface area contributed by atoms with Crippen molar-refractivity contribution in [3.63, 3.8) is 0 Å². The van der Waals surface area contributed by atoms with Gasteiger partial charge in [-0.3, -0.25) is 0 Å². The lowest BCUT2D eigenvalue weighted by Gasteiger charge is -2.22. The molecule has 6 radical (unpaired) electrons. The summed E-state index contributed by atoms with van der Waals surface area (Å²) in [6.07, 6.45) is 0. The van der Waals surface area contributed by atoms with Crippen LogP contribution in [-0.2, 0) is 0 Å². The second-order valence-electron chi connectivity index (χ2n) is 16.9. The number of hydrogen-bond acceptors (Lipinski definition) is 5. The van der Waals surface area contributed by atoms with Crippen LogP contribution in [-0.4, -0.2) is 47.6 Å². The molecule has 13 aromatic rings. The average molecular weight is 876 g/mol. The Morgan fingerprint density at radius 2 is 1.00 bits per heavy atom. The number of fused-ring (bicyclic) bond motifs is 10. The molecule has 0 fully saturated rings. The summed E-state index contributed by atoms with van der Waals surface area (Å²) < 4.78 is 6.69. The van der Waals surface area contributed by atoms with Gasteiger partial charge in [-0.1, -0.05) is 150 Å². The van der Waals surface area contributed by atoms with Gasteiger partial charge in [0.1, 0.15) is 29.6 Å². The lowest BCUT2D eigenvalue weighted by atomic mass is 9.69. The van der Waals surface area contributed by atoms with Gasteiger partial charge in [-0.2, -0.15) is 5.26 Å². The Labute approximate surface area is 398 Å². The molecule has 0 aliphatic rings. The molecule has 9 aromatic carbocycles. The van der Waals surface area contributed by atoms with Crippen LogP contribution in [0, 0.1) is 11.3 Å². The topological polar surface area (TPSA) is 72.3 Å². The minimum absolute atomic E-state index is 0.112. The maximum Gasteiger partial charge on any atom is 0.164 e. The van der Waals surface area contributed by atoms with Gasteiger partial charge in [-0.25, -0.2) is 15.0 Å². The monoisotopic (exact) mass is 876 g/mol. The van der Waals surface area contributed by atoms with Crippen molar-refractivity contribution in [2.75, 3.05) is 0 Å². The molecule has 0 aliphatic carbocycles. The van der Waals surface area contributed by atoms with Crippen molar-refractivity contribution in [2.24, 2.45) is 0 Å². The highest BCUT2D eigenvalue weighted by Gasteiger charge is 2.27. The number of nitrogens with zero attached hydrogens (tertiary/aromatic N) is 6. The zero-order chi connectivity index (χ0) is 45.6. The van der Waals surface area contributed by atoms with E-state index < -0.39 is 0 Å². The zero-order valence-corrected chi connectivity index (χ0v) is 37.0. The van der Waals surface area contributed by atoms with Crippen LogP contribution in [0.25, 0.3) is 120 Å². The van der Waals surface area contributed by atoms with Gasteiger partial charge in [0.15, 0.2) is 17.5 Å². The van der Waals surface area contributed by atoms with Crippen LogP contribution in [0.3, 0.4) is 0 Å². The molecule has 0 spiro atoms. The van der Waals surface area contributed by atoms with E-state index in [9.17, 15) is 5.26 Å². The Morgan fingerprint density at radius 3 is 1.75 bits per heavy atom. The van der Waals surface area contributed by atoms with E-state index in [0.717, 1.165) is 87.0 Å². The summed E-state index contributed by atoms with van der Waals surface area (Å²) in [5.74, 6) is 1.04. The van der Waals surface area contributed by atoms with Crippen molar-refractivity contribution >= 4 is 115 Å². The smallest absolute Gasteiger partial charge is 0.164 e. The van der Waals surface area contributed by atoms with E-state index in [2.05, 4.69) is 130 Å². The van der Waals surface area contributed by atoms with Crippen molar-refractivity contribution in [1.29, 1.82) is 5.26 Å². The van der Waals surface area contributed by atoms with Crippen LogP contribution >= 0.6 is 11.3 Å². The number of nitriles is 1. The van der Waals surface area contributed by atoms with Crippen LogP contribution in [0.4, 0.5) is 0 Å². The van der Waals surface area contributed by atoms with E-state index >= 15 is 0 Å². The van der Waals surface area contributed by atoms with Crippen molar-refractivity contribution in [2.45, 2.75) is 0 Å². The zero-order valence-electron chi connectivity index (χ0n) is 36.2. The second-order valence-corrected chi connectivity index (χ2v) is 18.0. The van der Waals surface area contributed by atoms with Gasteiger partial charge in [0, 0.05) is 64.1 Å². The summed E-state index contributed by atoms with van der Waals surface area (Å²) in [5, 5.41) is 17.6. The molecule has 0 amide bonds. The third kappa shape index (κ3) is 6.03. The first-order chi connectivity index (χ1) is 33.4. The van der Waals surface area contributed by atoms with Crippen molar-refractivity contribution in [1.82, 2.24) is 24.1 Å². The molecule has 0 saturated carbocycles. The summed E-state index contributed by atoms with van der Waals surface area (Å²) in [6.45, 7) is 0. The molecule has 0 atom stereocenters. The Morgan fingerprint density at radius 1 is 0.426 bits per heavy atom. The first-order valence-electron chi connectivity index (χ1n) is 22.2. The molecular formula is C58H31B3N6S. The molecule has 0 bridgehead atoms. The maximum absolute atomic E-state index is 11.3. The second kappa shape index (κ2) is 15.6. The van der Waals surface area contributed by atoms with Crippen LogP contribution in [0.15, 0.2) is 188 Å². The van der Waals surface area contributed by atoms with Gasteiger partial charge in [-0.05, 0) is 65.7 Å². The third-order valence-electron chi connectivity index (χ3n) is 13.2. The molecule has 308 valence electrons. The summed E-state index contributed by atoms with van der Waals surface area (Å²) in [7, 11) is 21.9. The van der Waals surface area contributed by atoms with E-state index in [0.29, 0.717) is 17.3 Å². The molecule has 0 aliphatic heterocycles. The quantitative estimate of drug-likeness (QED) is 0.156. The van der Waals surface area contributed by atoms with E-state index in [1.807, 2.05) is 72.8 Å². The van der Waals surface area contributed by atoms with Crippen molar-refractivity contribution in [3.05, 3.63) is 194 Å². The SMILES string of the molecule is [B]c1c([B])c(-n2c3ccccc3c3ccc4c(c5ccccc5n4-c4ccccc4)c32)c(C#N)c([B])c1-c1nc(-c2ccc(-c3ccccc3)cc2)nc(-c2ccc3sc4ccccc4c3c2)n1. The van der Waals surface area contributed by atoms with Crippen molar-refractivity contribution < 1.29 is 0 Å². The molecule has 68 heavy (non-hydrogen) atoms. The molecule has 4 aromatic heterocycles. The Balaban J connectivity index is 1.07. The molecule has 10 heteroatoms. The highest BCUT2D eigenvalue weighted by molar-refractivity contribution is 7.25. The number of aromatic nitrogens is 5. The summed E-state index contributed by atoms with van der Waals surface area (Å²) in [6, 6.07) is 66.6. The lowest BCUT2D eigenvalue weighted by molar-refractivity contribution is 1.08. The molecule has 0 unspecified atom stereocenters. The maximum atomic E-state index is 11.3. The first-order valence-corrected chi connectivity index (χ1v) is 23.0. The minimum atomic E-state index is 0.112. The molecule has 4 heterocycles. The fraction of sp³-hybridized carbons (Fsp3) is 0. The molecule has 6 nitrogen and oxygen atoms in total. The van der Waals surface area contributed by atoms with Gasteiger partial charge >= 0.3 is 0 Å². The Hall–Kier alpha value is -8.51. The normalized spacial score (nSPS) is 11.7. The van der Waals surface area contributed by atoms with E-state index in [1.54, 1.807) is 11.3 Å². The van der Waals surface area contributed by atoms with Gasteiger partial charge in [-0.15, -0.1) is 11.3 Å². The summed E-state index contributed by atoms with van der Waals surface area (Å²) in [4.78, 5) is 15.3. The molecule has 0 N–H and O–H groups in total.